The van der Waals surface area contributed by atoms with E-state index in [-0.39, 0.29) is 6.42 Å². The minimum atomic E-state index is -1.04. The summed E-state index contributed by atoms with van der Waals surface area (Å²) in [6, 6.07) is 0. The molecule has 0 spiro atoms. The summed E-state index contributed by atoms with van der Waals surface area (Å²) >= 11 is 0. The van der Waals surface area contributed by atoms with Crippen LogP contribution >= 0.6 is 0 Å². The third-order valence-corrected chi connectivity index (χ3v) is 0.665. The van der Waals surface area contributed by atoms with Gasteiger partial charge in [0.05, 0.1) is 6.26 Å². The zero-order valence-corrected chi connectivity index (χ0v) is 5.62. The average Bonchev–Trinajstić information content (AvgIpc) is 1.88. The van der Waals surface area contributed by atoms with Crippen LogP contribution in [0.3, 0.4) is 0 Å². The molecule has 0 bridgehead atoms. The normalized spacial score (nSPS) is 8.10. The number of hydrogen-bond acceptors (Lipinski definition) is 4. The third kappa shape index (κ3) is 3.65. The highest BCUT2D eigenvalue weighted by Gasteiger charge is 2.06. The van der Waals surface area contributed by atoms with E-state index >= 15 is 0 Å². The Hall–Kier alpha value is -1.32. The Balaban J connectivity index is 3.57. The molecule has 0 atom stereocenters. The van der Waals surface area contributed by atoms with Crippen LogP contribution < -0.4 is 0 Å². The summed E-state index contributed by atoms with van der Waals surface area (Å²) < 4.78 is 8.16. The molecule has 0 amide bonds. The lowest BCUT2D eigenvalue weighted by Gasteiger charge is -1.96. The van der Waals surface area contributed by atoms with Gasteiger partial charge in [0.25, 0.3) is 0 Å². The first-order valence-corrected chi connectivity index (χ1v) is 2.73. The zero-order valence-electron chi connectivity index (χ0n) is 5.62. The minimum absolute atomic E-state index is 0.145. The molecule has 0 N–H and O–H groups in total. The van der Waals surface area contributed by atoms with Gasteiger partial charge in [0.1, 0.15) is 0 Å². The van der Waals surface area contributed by atoms with E-state index in [2.05, 4.69) is 16.1 Å². The Labute approximate surface area is 58.4 Å². The standard InChI is InChI=1S/C6H8O4/c1-3-5(7)10-6(8)9-4-2/h4H,2-3H2,1H3. The van der Waals surface area contributed by atoms with Gasteiger partial charge in [0.2, 0.25) is 0 Å². The van der Waals surface area contributed by atoms with Gasteiger partial charge in [-0.3, -0.25) is 4.79 Å². The van der Waals surface area contributed by atoms with E-state index in [4.69, 9.17) is 0 Å². The Morgan fingerprint density at radius 2 is 2.20 bits per heavy atom. The molecule has 0 aromatic heterocycles. The molecule has 0 radical (unpaired) electrons. The number of ether oxygens (including phenoxy) is 2. The first-order valence-electron chi connectivity index (χ1n) is 2.73. The fraction of sp³-hybridized carbons (Fsp3) is 0.333. The smallest absolute Gasteiger partial charge is 0.403 e. The highest BCUT2D eigenvalue weighted by molar-refractivity contribution is 5.81. The van der Waals surface area contributed by atoms with Crippen LogP contribution in [0.2, 0.25) is 0 Å². The molecule has 10 heavy (non-hydrogen) atoms. The topological polar surface area (TPSA) is 52.6 Å². The number of rotatable bonds is 2. The highest BCUT2D eigenvalue weighted by atomic mass is 16.7. The van der Waals surface area contributed by atoms with Crippen LogP contribution in [-0.4, -0.2) is 12.1 Å². The first kappa shape index (κ1) is 8.68. The second-order valence-corrected chi connectivity index (χ2v) is 1.36. The van der Waals surface area contributed by atoms with Gasteiger partial charge in [0.15, 0.2) is 0 Å². The van der Waals surface area contributed by atoms with Gasteiger partial charge in [-0.05, 0) is 0 Å². The fourth-order valence-electron chi connectivity index (χ4n) is 0.257. The maximum absolute atomic E-state index is 10.3. The van der Waals surface area contributed by atoms with Crippen LogP contribution in [0.5, 0.6) is 0 Å². The van der Waals surface area contributed by atoms with Crippen molar-refractivity contribution < 1.29 is 19.1 Å². The minimum Gasteiger partial charge on any atom is -0.403 e. The maximum atomic E-state index is 10.3. The number of esters is 1. The van der Waals surface area contributed by atoms with Gasteiger partial charge in [0, 0.05) is 6.42 Å². The van der Waals surface area contributed by atoms with E-state index in [0.29, 0.717) is 0 Å². The summed E-state index contributed by atoms with van der Waals surface area (Å²) in [5, 5.41) is 0. The van der Waals surface area contributed by atoms with Gasteiger partial charge in [-0.15, -0.1) is 0 Å². The first-order chi connectivity index (χ1) is 4.70. The molecule has 56 valence electrons. The van der Waals surface area contributed by atoms with Gasteiger partial charge in [-0.25, -0.2) is 4.79 Å². The van der Waals surface area contributed by atoms with Crippen LogP contribution in [-0.2, 0) is 14.3 Å². The van der Waals surface area contributed by atoms with Crippen molar-refractivity contribution in [1.29, 1.82) is 0 Å². The molecule has 0 rings (SSSR count). The van der Waals surface area contributed by atoms with E-state index in [1.54, 1.807) is 6.92 Å². The van der Waals surface area contributed by atoms with Crippen LogP contribution in [0.4, 0.5) is 4.79 Å². The van der Waals surface area contributed by atoms with Crippen molar-refractivity contribution in [1.82, 2.24) is 0 Å². The molecule has 0 aliphatic carbocycles. The Morgan fingerprint density at radius 1 is 1.60 bits per heavy atom. The monoisotopic (exact) mass is 144 g/mol. The molecular weight excluding hydrogens is 136 g/mol. The van der Waals surface area contributed by atoms with Gasteiger partial charge in [-0.2, -0.15) is 0 Å². The van der Waals surface area contributed by atoms with Crippen LogP contribution in [0.25, 0.3) is 0 Å². The molecule has 0 fully saturated rings. The molecule has 4 heteroatoms. The summed E-state index contributed by atoms with van der Waals surface area (Å²) in [6.07, 6.45) is -0.000751. The molecule has 0 aliphatic heterocycles. The van der Waals surface area contributed by atoms with Gasteiger partial charge >= 0.3 is 12.1 Å². The molecule has 0 aliphatic rings. The predicted molar refractivity (Wildman–Crippen MR) is 33.1 cm³/mol. The van der Waals surface area contributed by atoms with Gasteiger partial charge in [-0.1, -0.05) is 13.5 Å². The van der Waals surface area contributed by atoms with E-state index in [1.165, 1.54) is 0 Å². The van der Waals surface area contributed by atoms with Gasteiger partial charge < -0.3 is 9.47 Å². The van der Waals surface area contributed by atoms with Crippen molar-refractivity contribution >= 4 is 12.1 Å². The number of carbonyl (C=O) groups excluding carboxylic acids is 2. The quantitative estimate of drug-likeness (QED) is 0.332. The zero-order chi connectivity index (χ0) is 7.98. The van der Waals surface area contributed by atoms with Crippen LogP contribution in [0, 0.1) is 0 Å². The highest BCUT2D eigenvalue weighted by Crippen LogP contribution is 1.89. The Kier molecular flexibility index (Phi) is 3.95. The molecule has 0 saturated carbocycles. The van der Waals surface area contributed by atoms with Crippen molar-refractivity contribution in [2.24, 2.45) is 0 Å². The molecule has 0 saturated heterocycles. The summed E-state index contributed by atoms with van der Waals surface area (Å²) in [4.78, 5) is 20.6. The average molecular weight is 144 g/mol. The lowest BCUT2D eigenvalue weighted by atomic mass is 10.5. The second-order valence-electron chi connectivity index (χ2n) is 1.36. The molecule has 0 unspecified atom stereocenters. The van der Waals surface area contributed by atoms with Crippen LogP contribution in [0.1, 0.15) is 13.3 Å². The molecule has 0 heterocycles. The summed E-state index contributed by atoms with van der Waals surface area (Å²) in [7, 11) is 0. The van der Waals surface area contributed by atoms with Crippen molar-refractivity contribution in [2.45, 2.75) is 13.3 Å². The van der Waals surface area contributed by atoms with E-state index in [1.807, 2.05) is 0 Å². The van der Waals surface area contributed by atoms with E-state index < -0.39 is 12.1 Å². The lowest BCUT2D eigenvalue weighted by molar-refractivity contribution is -0.138. The fourth-order valence-corrected chi connectivity index (χ4v) is 0.257. The van der Waals surface area contributed by atoms with Crippen molar-refractivity contribution in [2.75, 3.05) is 0 Å². The van der Waals surface area contributed by atoms with Crippen molar-refractivity contribution in [3.8, 4) is 0 Å². The molecular formula is C6H8O4. The number of hydrogen-bond donors (Lipinski definition) is 0. The molecule has 0 aromatic carbocycles. The largest absolute Gasteiger partial charge is 0.521 e. The Bertz CT molecular complexity index is 150. The molecule has 0 aromatic rings. The maximum Gasteiger partial charge on any atom is 0.521 e. The SMILES string of the molecule is C=COC(=O)OC(=O)CC. The Morgan fingerprint density at radius 3 is 2.60 bits per heavy atom. The summed E-state index contributed by atoms with van der Waals surface area (Å²) in [6.45, 7) is 4.67. The van der Waals surface area contributed by atoms with Crippen molar-refractivity contribution in [3.63, 3.8) is 0 Å². The van der Waals surface area contributed by atoms with E-state index in [0.717, 1.165) is 6.26 Å². The summed E-state index contributed by atoms with van der Waals surface area (Å²) in [5.74, 6) is -0.619. The second kappa shape index (κ2) is 4.55. The van der Waals surface area contributed by atoms with Crippen LogP contribution in [0.15, 0.2) is 12.8 Å². The third-order valence-electron chi connectivity index (χ3n) is 0.665. The number of carbonyl (C=O) groups is 2. The van der Waals surface area contributed by atoms with Crippen molar-refractivity contribution in [3.05, 3.63) is 12.8 Å². The lowest BCUT2D eigenvalue weighted by Crippen LogP contribution is -2.09. The summed E-state index contributed by atoms with van der Waals surface area (Å²) in [5.41, 5.74) is 0. The predicted octanol–water partition coefficient (Wildman–Crippen LogP) is 1.22. The van der Waals surface area contributed by atoms with E-state index in [9.17, 15) is 9.59 Å². The molecule has 4 nitrogen and oxygen atoms in total.